The lowest BCUT2D eigenvalue weighted by Gasteiger charge is -2.24. The van der Waals surface area contributed by atoms with Crippen molar-refractivity contribution in [2.75, 3.05) is 6.54 Å². The molecule has 1 amide bonds. The Kier molecular flexibility index (Phi) is 3.82. The van der Waals surface area contributed by atoms with Crippen LogP contribution in [0.4, 0.5) is 0 Å². The van der Waals surface area contributed by atoms with Crippen LogP contribution in [0.15, 0.2) is 24.3 Å². The molecule has 1 aromatic carbocycles. The van der Waals surface area contributed by atoms with Gasteiger partial charge >= 0.3 is 0 Å². The first kappa shape index (κ1) is 12.2. The number of amides is 1. The number of carbonyl (C=O) groups is 1. The van der Waals surface area contributed by atoms with Gasteiger partial charge in [-0.1, -0.05) is 44.9 Å². The van der Waals surface area contributed by atoms with Crippen LogP contribution < -0.4 is 0 Å². The Morgan fingerprint density at radius 3 is 2.65 bits per heavy atom. The minimum absolute atomic E-state index is 0.226. The van der Waals surface area contributed by atoms with Crippen LogP contribution in [0.2, 0.25) is 0 Å². The highest BCUT2D eigenvalue weighted by Crippen LogP contribution is 2.36. The lowest BCUT2D eigenvalue weighted by atomic mass is 10.0. The van der Waals surface area contributed by atoms with E-state index in [9.17, 15) is 4.79 Å². The molecule has 1 heterocycles. The van der Waals surface area contributed by atoms with Crippen LogP contribution in [0.3, 0.4) is 0 Å². The Hall–Kier alpha value is -1.31. The molecule has 0 aliphatic carbocycles. The molecule has 1 unspecified atom stereocenters. The largest absolute Gasteiger partial charge is 0.332 e. The Morgan fingerprint density at radius 2 is 1.94 bits per heavy atom. The van der Waals surface area contributed by atoms with Gasteiger partial charge in [0.25, 0.3) is 5.91 Å². The molecular weight excluding hydrogens is 210 g/mol. The maximum absolute atomic E-state index is 12.3. The smallest absolute Gasteiger partial charge is 0.254 e. The van der Waals surface area contributed by atoms with E-state index in [2.05, 4.69) is 24.8 Å². The Bertz CT molecular complexity index is 400. The summed E-state index contributed by atoms with van der Waals surface area (Å²) < 4.78 is 0. The molecule has 0 N–H and O–H groups in total. The average molecular weight is 231 g/mol. The Balaban J connectivity index is 2.28. The molecule has 1 aromatic rings. The minimum atomic E-state index is 0.226. The summed E-state index contributed by atoms with van der Waals surface area (Å²) in [5.74, 6) is 0.226. The van der Waals surface area contributed by atoms with Crippen molar-refractivity contribution in [2.24, 2.45) is 0 Å². The second kappa shape index (κ2) is 5.35. The van der Waals surface area contributed by atoms with Gasteiger partial charge in [-0.25, -0.2) is 0 Å². The zero-order valence-electron chi connectivity index (χ0n) is 10.8. The second-order valence-electron chi connectivity index (χ2n) is 4.74. The standard InChI is InChI=1S/C15H21NO/c1-3-5-10-14-12-8-6-7-9-13(12)15(17)16(14)11-4-2/h6-9,14H,3-5,10-11H2,1-2H3. The fraction of sp³-hybridized carbons (Fsp3) is 0.533. The van der Waals surface area contributed by atoms with Gasteiger partial charge in [0, 0.05) is 12.1 Å². The van der Waals surface area contributed by atoms with Crippen molar-refractivity contribution >= 4 is 5.91 Å². The number of unbranched alkanes of at least 4 members (excludes halogenated alkanes) is 1. The van der Waals surface area contributed by atoms with Gasteiger partial charge in [0.2, 0.25) is 0 Å². The number of benzene rings is 1. The van der Waals surface area contributed by atoms with E-state index in [0.29, 0.717) is 6.04 Å². The number of fused-ring (bicyclic) bond motifs is 1. The van der Waals surface area contributed by atoms with Gasteiger partial charge in [0.1, 0.15) is 0 Å². The Morgan fingerprint density at radius 1 is 1.18 bits per heavy atom. The zero-order chi connectivity index (χ0) is 12.3. The molecule has 0 aromatic heterocycles. The molecule has 1 atom stereocenters. The van der Waals surface area contributed by atoms with Gasteiger partial charge in [-0.15, -0.1) is 0 Å². The van der Waals surface area contributed by atoms with Crippen molar-refractivity contribution < 1.29 is 4.79 Å². The molecule has 2 rings (SSSR count). The topological polar surface area (TPSA) is 20.3 Å². The first-order valence-corrected chi connectivity index (χ1v) is 6.69. The fourth-order valence-corrected chi connectivity index (χ4v) is 2.65. The SMILES string of the molecule is CCCCC1c2ccccc2C(=O)N1CCC. The van der Waals surface area contributed by atoms with Gasteiger partial charge < -0.3 is 4.90 Å². The average Bonchev–Trinajstić information content (AvgIpc) is 2.62. The minimum Gasteiger partial charge on any atom is -0.332 e. The number of hydrogen-bond acceptors (Lipinski definition) is 1. The summed E-state index contributed by atoms with van der Waals surface area (Å²) in [6.07, 6.45) is 4.50. The monoisotopic (exact) mass is 231 g/mol. The normalized spacial score (nSPS) is 18.6. The van der Waals surface area contributed by atoms with Crippen LogP contribution in [-0.2, 0) is 0 Å². The van der Waals surface area contributed by atoms with Gasteiger partial charge in [-0.3, -0.25) is 4.79 Å². The van der Waals surface area contributed by atoms with Crippen molar-refractivity contribution in [3.05, 3.63) is 35.4 Å². The summed E-state index contributed by atoms with van der Waals surface area (Å²) in [4.78, 5) is 14.3. The van der Waals surface area contributed by atoms with E-state index in [-0.39, 0.29) is 5.91 Å². The summed E-state index contributed by atoms with van der Waals surface area (Å²) in [5, 5.41) is 0. The predicted molar refractivity (Wildman–Crippen MR) is 70.0 cm³/mol. The van der Waals surface area contributed by atoms with E-state index in [1.165, 1.54) is 18.4 Å². The lowest BCUT2D eigenvalue weighted by Crippen LogP contribution is -2.28. The van der Waals surface area contributed by atoms with Crippen LogP contribution in [0.25, 0.3) is 0 Å². The van der Waals surface area contributed by atoms with Crippen molar-refractivity contribution in [3.8, 4) is 0 Å². The summed E-state index contributed by atoms with van der Waals surface area (Å²) >= 11 is 0. The van der Waals surface area contributed by atoms with Crippen LogP contribution >= 0.6 is 0 Å². The molecule has 2 nitrogen and oxygen atoms in total. The van der Waals surface area contributed by atoms with Crippen molar-refractivity contribution in [1.29, 1.82) is 0 Å². The number of rotatable bonds is 5. The molecule has 0 spiro atoms. The molecule has 92 valence electrons. The first-order valence-electron chi connectivity index (χ1n) is 6.69. The van der Waals surface area contributed by atoms with Crippen molar-refractivity contribution in [1.82, 2.24) is 4.90 Å². The van der Waals surface area contributed by atoms with Crippen molar-refractivity contribution in [2.45, 2.75) is 45.6 Å². The van der Waals surface area contributed by atoms with E-state index in [1.807, 2.05) is 18.2 Å². The number of nitrogens with zero attached hydrogens (tertiary/aromatic N) is 1. The molecule has 0 bridgehead atoms. The third kappa shape index (κ3) is 2.21. The molecule has 0 saturated heterocycles. The third-order valence-electron chi connectivity index (χ3n) is 3.48. The highest BCUT2D eigenvalue weighted by atomic mass is 16.2. The van der Waals surface area contributed by atoms with Gasteiger partial charge in [-0.2, -0.15) is 0 Å². The summed E-state index contributed by atoms with van der Waals surface area (Å²) in [6.45, 7) is 5.21. The quantitative estimate of drug-likeness (QED) is 0.755. The molecule has 0 fully saturated rings. The maximum Gasteiger partial charge on any atom is 0.254 e. The van der Waals surface area contributed by atoms with Crippen LogP contribution in [0, 0.1) is 0 Å². The van der Waals surface area contributed by atoms with Crippen LogP contribution in [0.5, 0.6) is 0 Å². The molecule has 0 radical (unpaired) electrons. The number of carbonyl (C=O) groups excluding carboxylic acids is 1. The molecule has 1 aliphatic rings. The van der Waals surface area contributed by atoms with Crippen LogP contribution in [-0.4, -0.2) is 17.4 Å². The third-order valence-corrected chi connectivity index (χ3v) is 3.48. The van der Waals surface area contributed by atoms with Gasteiger partial charge in [-0.05, 0) is 24.5 Å². The molecule has 1 aliphatic heterocycles. The molecule has 17 heavy (non-hydrogen) atoms. The van der Waals surface area contributed by atoms with E-state index in [0.717, 1.165) is 24.9 Å². The summed E-state index contributed by atoms with van der Waals surface area (Å²) in [7, 11) is 0. The lowest BCUT2D eigenvalue weighted by molar-refractivity contribution is 0.0716. The highest BCUT2D eigenvalue weighted by Gasteiger charge is 2.34. The number of hydrogen-bond donors (Lipinski definition) is 0. The highest BCUT2D eigenvalue weighted by molar-refractivity contribution is 5.99. The van der Waals surface area contributed by atoms with E-state index < -0.39 is 0 Å². The van der Waals surface area contributed by atoms with Gasteiger partial charge in [0.15, 0.2) is 0 Å². The van der Waals surface area contributed by atoms with Crippen molar-refractivity contribution in [3.63, 3.8) is 0 Å². The maximum atomic E-state index is 12.3. The fourth-order valence-electron chi connectivity index (χ4n) is 2.65. The van der Waals surface area contributed by atoms with E-state index >= 15 is 0 Å². The Labute approximate surface area is 104 Å². The van der Waals surface area contributed by atoms with E-state index in [4.69, 9.17) is 0 Å². The predicted octanol–water partition coefficient (Wildman–Crippen LogP) is 3.78. The molecule has 2 heteroatoms. The molecular formula is C15H21NO. The molecule has 0 saturated carbocycles. The van der Waals surface area contributed by atoms with Gasteiger partial charge in [0.05, 0.1) is 6.04 Å². The second-order valence-corrected chi connectivity index (χ2v) is 4.74. The van der Waals surface area contributed by atoms with Crippen LogP contribution in [0.1, 0.15) is 61.5 Å². The summed E-state index contributed by atoms with van der Waals surface area (Å²) in [6, 6.07) is 8.40. The zero-order valence-corrected chi connectivity index (χ0v) is 10.8. The first-order chi connectivity index (χ1) is 8.29. The van der Waals surface area contributed by atoms with E-state index in [1.54, 1.807) is 0 Å². The summed E-state index contributed by atoms with van der Waals surface area (Å²) in [5.41, 5.74) is 2.15.